The lowest BCUT2D eigenvalue weighted by atomic mass is 10.3. The van der Waals surface area contributed by atoms with Gasteiger partial charge in [-0.2, -0.15) is 0 Å². The summed E-state index contributed by atoms with van der Waals surface area (Å²) in [5.41, 5.74) is 6.49. The fourth-order valence-corrected chi connectivity index (χ4v) is 2.33. The largest absolute Gasteiger partial charge is 0.326 e. The van der Waals surface area contributed by atoms with Crippen molar-refractivity contribution in [1.29, 1.82) is 0 Å². The number of halogens is 1. The summed E-state index contributed by atoms with van der Waals surface area (Å²) >= 11 is 7.68. The Bertz CT molecular complexity index is 476. The number of hydrogen-bond donors (Lipinski definition) is 1. The SMILES string of the molecule is NCc1ccnc(Sc2ccncc2)c1Cl. The van der Waals surface area contributed by atoms with Gasteiger partial charge in [-0.3, -0.25) is 4.98 Å². The Morgan fingerprint density at radius 1 is 1.19 bits per heavy atom. The highest BCUT2D eigenvalue weighted by atomic mass is 35.5. The van der Waals surface area contributed by atoms with Crippen LogP contribution in [-0.2, 0) is 6.54 Å². The molecule has 2 aromatic heterocycles. The first-order chi connectivity index (χ1) is 7.81. The Morgan fingerprint density at radius 3 is 2.62 bits per heavy atom. The summed E-state index contributed by atoms with van der Waals surface area (Å²) in [4.78, 5) is 9.25. The minimum absolute atomic E-state index is 0.422. The number of aromatic nitrogens is 2. The Kier molecular flexibility index (Phi) is 3.77. The molecule has 82 valence electrons. The molecule has 3 nitrogen and oxygen atoms in total. The Balaban J connectivity index is 2.28. The molecule has 0 bridgehead atoms. The van der Waals surface area contributed by atoms with Crippen LogP contribution < -0.4 is 5.73 Å². The molecule has 0 aromatic carbocycles. The lowest BCUT2D eigenvalue weighted by Gasteiger charge is -2.06. The Morgan fingerprint density at radius 2 is 1.94 bits per heavy atom. The van der Waals surface area contributed by atoms with Gasteiger partial charge in [0.05, 0.1) is 5.02 Å². The van der Waals surface area contributed by atoms with Crippen molar-refractivity contribution in [2.45, 2.75) is 16.5 Å². The van der Waals surface area contributed by atoms with E-state index >= 15 is 0 Å². The molecule has 5 heteroatoms. The molecule has 0 fully saturated rings. The van der Waals surface area contributed by atoms with E-state index in [1.54, 1.807) is 18.6 Å². The summed E-state index contributed by atoms with van der Waals surface area (Å²) in [6, 6.07) is 5.66. The van der Waals surface area contributed by atoms with Crippen LogP contribution in [0.5, 0.6) is 0 Å². The van der Waals surface area contributed by atoms with E-state index in [2.05, 4.69) is 9.97 Å². The third-order valence-electron chi connectivity index (χ3n) is 2.02. The van der Waals surface area contributed by atoms with E-state index in [1.807, 2.05) is 18.2 Å². The summed E-state index contributed by atoms with van der Waals surface area (Å²) in [7, 11) is 0. The van der Waals surface area contributed by atoms with Crippen molar-refractivity contribution < 1.29 is 0 Å². The van der Waals surface area contributed by atoms with Crippen molar-refractivity contribution in [2.75, 3.05) is 0 Å². The second kappa shape index (κ2) is 5.30. The first-order valence-corrected chi connectivity index (χ1v) is 5.92. The predicted molar refractivity (Wildman–Crippen MR) is 65.5 cm³/mol. The van der Waals surface area contributed by atoms with E-state index in [-0.39, 0.29) is 0 Å². The van der Waals surface area contributed by atoms with E-state index in [4.69, 9.17) is 17.3 Å². The number of pyridine rings is 2. The van der Waals surface area contributed by atoms with E-state index < -0.39 is 0 Å². The van der Waals surface area contributed by atoms with E-state index in [0.29, 0.717) is 11.6 Å². The van der Waals surface area contributed by atoms with Gasteiger partial charge in [0.2, 0.25) is 0 Å². The van der Waals surface area contributed by atoms with E-state index in [9.17, 15) is 0 Å². The smallest absolute Gasteiger partial charge is 0.120 e. The molecule has 16 heavy (non-hydrogen) atoms. The van der Waals surface area contributed by atoms with E-state index in [0.717, 1.165) is 15.5 Å². The average Bonchev–Trinajstić information content (AvgIpc) is 2.33. The molecule has 0 aliphatic rings. The molecular formula is C11H10ClN3S. The minimum Gasteiger partial charge on any atom is -0.326 e. The minimum atomic E-state index is 0.422. The third kappa shape index (κ3) is 2.52. The number of rotatable bonds is 3. The van der Waals surface area contributed by atoms with Crippen molar-refractivity contribution in [3.8, 4) is 0 Å². The molecule has 0 radical (unpaired) electrons. The van der Waals surface area contributed by atoms with Gasteiger partial charge in [0.1, 0.15) is 5.03 Å². The Hall–Kier alpha value is -1.10. The molecule has 2 N–H and O–H groups in total. The first kappa shape index (κ1) is 11.4. The quantitative estimate of drug-likeness (QED) is 0.911. The van der Waals surface area contributed by atoms with Crippen LogP contribution in [-0.4, -0.2) is 9.97 Å². The fourth-order valence-electron chi connectivity index (χ4n) is 1.21. The second-order valence-electron chi connectivity index (χ2n) is 3.08. The average molecular weight is 252 g/mol. The van der Waals surface area contributed by atoms with Crippen molar-refractivity contribution in [3.05, 3.63) is 47.4 Å². The van der Waals surface area contributed by atoms with Gasteiger partial charge in [-0.15, -0.1) is 0 Å². The zero-order valence-electron chi connectivity index (χ0n) is 8.43. The maximum atomic E-state index is 6.18. The topological polar surface area (TPSA) is 51.8 Å². The zero-order chi connectivity index (χ0) is 11.4. The van der Waals surface area contributed by atoms with Gasteiger partial charge < -0.3 is 5.73 Å². The zero-order valence-corrected chi connectivity index (χ0v) is 10.0. The molecule has 0 aliphatic heterocycles. The van der Waals surface area contributed by atoms with Crippen molar-refractivity contribution in [1.82, 2.24) is 9.97 Å². The van der Waals surface area contributed by atoms with Crippen LogP contribution >= 0.6 is 23.4 Å². The van der Waals surface area contributed by atoms with Gasteiger partial charge in [-0.05, 0) is 23.8 Å². The fraction of sp³-hybridized carbons (Fsp3) is 0.0909. The summed E-state index contributed by atoms with van der Waals surface area (Å²) in [6.45, 7) is 0.422. The standard InChI is InChI=1S/C11H10ClN3S/c12-10-8(7-13)1-6-15-11(10)16-9-2-4-14-5-3-9/h1-6H,7,13H2. The molecule has 2 rings (SSSR count). The van der Waals surface area contributed by atoms with Crippen LogP contribution in [0.2, 0.25) is 5.02 Å². The van der Waals surface area contributed by atoms with Crippen LogP contribution in [0.25, 0.3) is 0 Å². The molecule has 0 atom stereocenters. The van der Waals surface area contributed by atoms with Crippen LogP contribution in [0.3, 0.4) is 0 Å². The lowest BCUT2D eigenvalue weighted by Crippen LogP contribution is -1.98. The maximum absolute atomic E-state index is 6.18. The molecule has 2 heterocycles. The monoisotopic (exact) mass is 251 g/mol. The maximum Gasteiger partial charge on any atom is 0.120 e. The highest BCUT2D eigenvalue weighted by Gasteiger charge is 2.07. The van der Waals surface area contributed by atoms with E-state index in [1.165, 1.54) is 11.8 Å². The van der Waals surface area contributed by atoms with Crippen LogP contribution in [0.1, 0.15) is 5.56 Å². The summed E-state index contributed by atoms with van der Waals surface area (Å²) in [6.07, 6.45) is 5.20. The highest BCUT2D eigenvalue weighted by Crippen LogP contribution is 2.32. The highest BCUT2D eigenvalue weighted by molar-refractivity contribution is 7.99. The molecule has 0 amide bonds. The molecule has 0 saturated carbocycles. The van der Waals surface area contributed by atoms with Crippen LogP contribution in [0, 0.1) is 0 Å². The predicted octanol–water partition coefficient (Wildman–Crippen LogP) is 2.74. The number of hydrogen-bond acceptors (Lipinski definition) is 4. The number of nitrogens with zero attached hydrogens (tertiary/aromatic N) is 2. The lowest BCUT2D eigenvalue weighted by molar-refractivity contribution is 1.02. The normalized spacial score (nSPS) is 10.4. The van der Waals surface area contributed by atoms with Crippen molar-refractivity contribution in [3.63, 3.8) is 0 Å². The summed E-state index contributed by atoms with van der Waals surface area (Å²) < 4.78 is 0. The Labute approximate surface area is 103 Å². The molecule has 0 unspecified atom stereocenters. The van der Waals surface area contributed by atoms with Gasteiger partial charge in [0.25, 0.3) is 0 Å². The van der Waals surface area contributed by atoms with Crippen LogP contribution in [0.4, 0.5) is 0 Å². The van der Waals surface area contributed by atoms with Crippen LogP contribution in [0.15, 0.2) is 46.7 Å². The number of nitrogens with two attached hydrogens (primary N) is 1. The first-order valence-electron chi connectivity index (χ1n) is 4.72. The van der Waals surface area contributed by atoms with Gasteiger partial charge in [-0.1, -0.05) is 23.4 Å². The molecule has 0 spiro atoms. The van der Waals surface area contributed by atoms with Gasteiger partial charge in [0.15, 0.2) is 0 Å². The van der Waals surface area contributed by atoms with Crippen molar-refractivity contribution in [2.24, 2.45) is 5.73 Å². The summed E-state index contributed by atoms with van der Waals surface area (Å²) in [5.74, 6) is 0. The van der Waals surface area contributed by atoms with Gasteiger partial charge in [-0.25, -0.2) is 4.98 Å². The van der Waals surface area contributed by atoms with Gasteiger partial charge in [0, 0.05) is 30.0 Å². The molecular weight excluding hydrogens is 242 g/mol. The third-order valence-corrected chi connectivity index (χ3v) is 3.57. The molecule has 2 aromatic rings. The molecule has 0 saturated heterocycles. The van der Waals surface area contributed by atoms with Gasteiger partial charge >= 0.3 is 0 Å². The second-order valence-corrected chi connectivity index (χ2v) is 4.52. The van der Waals surface area contributed by atoms with Crippen molar-refractivity contribution >= 4 is 23.4 Å². The summed E-state index contributed by atoms with van der Waals surface area (Å²) in [5, 5.41) is 1.41. The molecule has 0 aliphatic carbocycles.